The first-order valence-corrected chi connectivity index (χ1v) is 6.19. The molecule has 0 aliphatic carbocycles. The van der Waals surface area contributed by atoms with Crippen LogP contribution in [0.3, 0.4) is 0 Å². The summed E-state index contributed by atoms with van der Waals surface area (Å²) in [5, 5.41) is 0. The molecule has 0 saturated carbocycles. The molecule has 1 aliphatic heterocycles. The molecule has 0 saturated heterocycles. The average Bonchev–Trinajstić information content (AvgIpc) is 2.51. The van der Waals surface area contributed by atoms with Gasteiger partial charge >= 0.3 is 0 Å². The SMILES string of the molecule is CC(C)CC(=O)N1c2ccc(N)cc2CC1C. The summed E-state index contributed by atoms with van der Waals surface area (Å²) in [6.07, 6.45) is 1.51. The number of nitrogen functional groups attached to an aromatic ring is 1. The number of benzene rings is 1. The van der Waals surface area contributed by atoms with Crippen molar-refractivity contribution in [2.75, 3.05) is 10.6 Å². The highest BCUT2D eigenvalue weighted by Crippen LogP contribution is 2.34. The van der Waals surface area contributed by atoms with E-state index in [2.05, 4.69) is 20.8 Å². The van der Waals surface area contributed by atoms with E-state index in [1.54, 1.807) is 0 Å². The second-order valence-corrected chi connectivity index (χ2v) is 5.30. The summed E-state index contributed by atoms with van der Waals surface area (Å²) in [6, 6.07) is 6.06. The van der Waals surface area contributed by atoms with E-state index in [0.717, 1.165) is 17.8 Å². The second kappa shape index (κ2) is 4.40. The molecular weight excluding hydrogens is 212 g/mol. The maximum Gasteiger partial charge on any atom is 0.227 e. The van der Waals surface area contributed by atoms with Crippen LogP contribution in [0.5, 0.6) is 0 Å². The molecule has 1 amide bonds. The summed E-state index contributed by atoms with van der Waals surface area (Å²) in [4.78, 5) is 14.1. The lowest BCUT2D eigenvalue weighted by atomic mass is 10.1. The fraction of sp³-hybridized carbons (Fsp3) is 0.500. The molecule has 0 fully saturated rings. The number of rotatable bonds is 2. The number of carbonyl (C=O) groups excluding carboxylic acids is 1. The third kappa shape index (κ3) is 2.28. The number of fused-ring (bicyclic) bond motifs is 1. The highest BCUT2D eigenvalue weighted by molar-refractivity contribution is 5.96. The van der Waals surface area contributed by atoms with Gasteiger partial charge in [-0.05, 0) is 43.0 Å². The Bertz CT molecular complexity index is 440. The highest BCUT2D eigenvalue weighted by atomic mass is 16.2. The van der Waals surface area contributed by atoms with E-state index in [9.17, 15) is 4.79 Å². The zero-order valence-electron chi connectivity index (χ0n) is 10.7. The molecule has 3 nitrogen and oxygen atoms in total. The Hall–Kier alpha value is -1.51. The highest BCUT2D eigenvalue weighted by Gasteiger charge is 2.30. The average molecular weight is 232 g/mol. The van der Waals surface area contributed by atoms with Crippen molar-refractivity contribution in [2.24, 2.45) is 5.92 Å². The van der Waals surface area contributed by atoms with Crippen LogP contribution in [0, 0.1) is 5.92 Å². The second-order valence-electron chi connectivity index (χ2n) is 5.30. The molecule has 92 valence electrons. The molecule has 1 aliphatic rings. The standard InChI is InChI=1S/C14H20N2O/c1-9(2)6-14(17)16-10(3)7-11-8-12(15)4-5-13(11)16/h4-5,8-10H,6-7,15H2,1-3H3. The first-order chi connectivity index (χ1) is 7.99. The molecule has 17 heavy (non-hydrogen) atoms. The van der Waals surface area contributed by atoms with Gasteiger partial charge in [0.15, 0.2) is 0 Å². The molecule has 1 unspecified atom stereocenters. The van der Waals surface area contributed by atoms with Crippen molar-refractivity contribution >= 4 is 17.3 Å². The van der Waals surface area contributed by atoms with Crippen LogP contribution in [0.25, 0.3) is 0 Å². The molecule has 1 heterocycles. The Balaban J connectivity index is 2.28. The van der Waals surface area contributed by atoms with Gasteiger partial charge in [0.25, 0.3) is 0 Å². The quantitative estimate of drug-likeness (QED) is 0.797. The van der Waals surface area contributed by atoms with Gasteiger partial charge in [-0.25, -0.2) is 0 Å². The lowest BCUT2D eigenvalue weighted by Gasteiger charge is -2.23. The Kier molecular flexibility index (Phi) is 3.09. The van der Waals surface area contributed by atoms with E-state index in [-0.39, 0.29) is 11.9 Å². The van der Waals surface area contributed by atoms with Crippen LogP contribution in [0.2, 0.25) is 0 Å². The molecule has 0 bridgehead atoms. The number of amides is 1. The molecule has 2 N–H and O–H groups in total. The molecule has 0 aromatic heterocycles. The molecule has 0 spiro atoms. The predicted molar refractivity (Wildman–Crippen MR) is 71.0 cm³/mol. The topological polar surface area (TPSA) is 46.3 Å². The fourth-order valence-corrected chi connectivity index (χ4v) is 2.48. The lowest BCUT2D eigenvalue weighted by molar-refractivity contribution is -0.119. The summed E-state index contributed by atoms with van der Waals surface area (Å²) >= 11 is 0. The number of nitrogens with zero attached hydrogens (tertiary/aromatic N) is 1. The Morgan fingerprint density at radius 2 is 2.24 bits per heavy atom. The van der Waals surface area contributed by atoms with E-state index in [1.807, 2.05) is 23.1 Å². The van der Waals surface area contributed by atoms with Crippen LogP contribution in [0.1, 0.15) is 32.8 Å². The summed E-state index contributed by atoms with van der Waals surface area (Å²) in [5.74, 6) is 0.614. The van der Waals surface area contributed by atoms with E-state index < -0.39 is 0 Å². The zero-order chi connectivity index (χ0) is 12.6. The first kappa shape index (κ1) is 12.0. The first-order valence-electron chi connectivity index (χ1n) is 6.19. The van der Waals surface area contributed by atoms with E-state index in [1.165, 1.54) is 5.56 Å². The third-order valence-corrected chi connectivity index (χ3v) is 3.17. The monoisotopic (exact) mass is 232 g/mol. The van der Waals surface area contributed by atoms with Crippen LogP contribution in [0.15, 0.2) is 18.2 Å². The van der Waals surface area contributed by atoms with Crippen molar-refractivity contribution < 1.29 is 4.79 Å². The van der Waals surface area contributed by atoms with Gasteiger partial charge in [0.2, 0.25) is 5.91 Å². The molecule has 3 heteroatoms. The molecule has 1 aromatic rings. The summed E-state index contributed by atoms with van der Waals surface area (Å²) in [5.41, 5.74) is 8.78. The molecule has 1 aromatic carbocycles. The van der Waals surface area contributed by atoms with Gasteiger partial charge in [-0.2, -0.15) is 0 Å². The van der Waals surface area contributed by atoms with Gasteiger partial charge in [-0.3, -0.25) is 4.79 Å². The summed E-state index contributed by atoms with van der Waals surface area (Å²) in [6.45, 7) is 6.24. The van der Waals surface area contributed by atoms with Gasteiger partial charge < -0.3 is 10.6 Å². The van der Waals surface area contributed by atoms with Crippen molar-refractivity contribution in [1.82, 2.24) is 0 Å². The molecule has 2 rings (SSSR count). The maximum absolute atomic E-state index is 12.2. The van der Waals surface area contributed by atoms with Crippen molar-refractivity contribution in [3.63, 3.8) is 0 Å². The van der Waals surface area contributed by atoms with Gasteiger partial charge in [-0.15, -0.1) is 0 Å². The van der Waals surface area contributed by atoms with E-state index >= 15 is 0 Å². The van der Waals surface area contributed by atoms with Gasteiger partial charge in [0.1, 0.15) is 0 Å². The van der Waals surface area contributed by atoms with E-state index in [4.69, 9.17) is 5.73 Å². The summed E-state index contributed by atoms with van der Waals surface area (Å²) in [7, 11) is 0. The Morgan fingerprint density at radius 1 is 1.53 bits per heavy atom. The molecule has 1 atom stereocenters. The van der Waals surface area contributed by atoms with Gasteiger partial charge in [-0.1, -0.05) is 13.8 Å². The fourth-order valence-electron chi connectivity index (χ4n) is 2.48. The van der Waals surface area contributed by atoms with Gasteiger partial charge in [0, 0.05) is 23.8 Å². The third-order valence-electron chi connectivity index (χ3n) is 3.17. The van der Waals surface area contributed by atoms with E-state index in [0.29, 0.717) is 12.3 Å². The normalized spacial score (nSPS) is 18.6. The molecule has 0 radical (unpaired) electrons. The van der Waals surface area contributed by atoms with Crippen LogP contribution in [0.4, 0.5) is 11.4 Å². The van der Waals surface area contributed by atoms with Crippen LogP contribution >= 0.6 is 0 Å². The van der Waals surface area contributed by atoms with Crippen molar-refractivity contribution in [2.45, 2.75) is 39.7 Å². The lowest BCUT2D eigenvalue weighted by Crippen LogP contribution is -2.36. The van der Waals surface area contributed by atoms with Crippen LogP contribution < -0.4 is 10.6 Å². The van der Waals surface area contributed by atoms with Crippen molar-refractivity contribution in [3.05, 3.63) is 23.8 Å². The predicted octanol–water partition coefficient (Wildman–Crippen LogP) is 2.59. The number of nitrogens with two attached hydrogens (primary N) is 1. The smallest absolute Gasteiger partial charge is 0.227 e. The van der Waals surface area contributed by atoms with Crippen molar-refractivity contribution in [3.8, 4) is 0 Å². The Morgan fingerprint density at radius 3 is 2.88 bits per heavy atom. The minimum Gasteiger partial charge on any atom is -0.399 e. The van der Waals surface area contributed by atoms with Crippen molar-refractivity contribution in [1.29, 1.82) is 0 Å². The maximum atomic E-state index is 12.2. The van der Waals surface area contributed by atoms with Gasteiger partial charge in [0.05, 0.1) is 0 Å². The summed E-state index contributed by atoms with van der Waals surface area (Å²) < 4.78 is 0. The minimum absolute atomic E-state index is 0.219. The number of carbonyl (C=O) groups is 1. The van der Waals surface area contributed by atoms with Crippen LogP contribution in [-0.2, 0) is 11.2 Å². The Labute approximate surface area is 103 Å². The van der Waals surface area contributed by atoms with Crippen LogP contribution in [-0.4, -0.2) is 11.9 Å². The number of hydrogen-bond donors (Lipinski definition) is 1. The largest absolute Gasteiger partial charge is 0.399 e. The zero-order valence-corrected chi connectivity index (χ0v) is 10.7. The number of anilines is 2. The minimum atomic E-state index is 0.219. The number of hydrogen-bond acceptors (Lipinski definition) is 2. The molecular formula is C14H20N2O.